The van der Waals surface area contributed by atoms with Gasteiger partial charge in [-0.25, -0.2) is 4.98 Å². The summed E-state index contributed by atoms with van der Waals surface area (Å²) < 4.78 is 75.7. The number of rotatable bonds is 7. The first-order valence-corrected chi connectivity index (χ1v) is 13.2. The van der Waals surface area contributed by atoms with Gasteiger partial charge in [0.2, 0.25) is 5.91 Å². The molecule has 2 fully saturated rings. The summed E-state index contributed by atoms with van der Waals surface area (Å²) in [5.41, 5.74) is -3.87. The van der Waals surface area contributed by atoms with Gasteiger partial charge in [0.1, 0.15) is 5.69 Å². The molecule has 208 valence electrons. The average molecular weight is 562 g/mol. The molecule has 0 unspecified atom stereocenters. The van der Waals surface area contributed by atoms with Crippen LogP contribution in [0.5, 0.6) is 0 Å². The van der Waals surface area contributed by atoms with Crippen molar-refractivity contribution in [1.82, 2.24) is 14.8 Å². The Balaban J connectivity index is 1.19. The van der Waals surface area contributed by atoms with Gasteiger partial charge >= 0.3 is 11.7 Å². The highest BCUT2D eigenvalue weighted by Gasteiger charge is 2.32. The van der Waals surface area contributed by atoms with E-state index in [2.05, 4.69) is 15.2 Å². The van der Waals surface area contributed by atoms with E-state index in [1.807, 2.05) is 9.80 Å². The van der Waals surface area contributed by atoms with E-state index < -0.39 is 17.4 Å². The predicted molar refractivity (Wildman–Crippen MR) is 134 cm³/mol. The highest BCUT2D eigenvalue weighted by molar-refractivity contribution is 8.00. The maximum atomic E-state index is 12.9. The molecule has 1 atom stereocenters. The molecule has 2 aliphatic rings. The fraction of sp³-hybridized carbons (Fsp3) is 0.520. The smallest absolute Gasteiger partial charge is 0.381 e. The minimum Gasteiger partial charge on any atom is -0.381 e. The van der Waals surface area contributed by atoms with Gasteiger partial charge in [-0.2, -0.15) is 26.3 Å². The van der Waals surface area contributed by atoms with Gasteiger partial charge in [0.05, 0.1) is 11.9 Å². The summed E-state index contributed by atoms with van der Waals surface area (Å²) in [7, 11) is 0. The van der Waals surface area contributed by atoms with E-state index in [4.69, 9.17) is 0 Å². The molecule has 0 bridgehead atoms. The van der Waals surface area contributed by atoms with Crippen LogP contribution in [0.4, 0.5) is 37.7 Å². The lowest BCUT2D eigenvalue weighted by Crippen LogP contribution is -2.49. The van der Waals surface area contributed by atoms with Gasteiger partial charge in [-0.15, -0.1) is 0 Å². The third-order valence-corrected chi connectivity index (χ3v) is 7.39. The Labute approximate surface area is 221 Å². The molecule has 0 radical (unpaired) electrons. The van der Waals surface area contributed by atoms with Gasteiger partial charge < -0.3 is 15.1 Å². The molecule has 2 aliphatic heterocycles. The Morgan fingerprint density at radius 2 is 1.68 bits per heavy atom. The molecule has 0 saturated carbocycles. The van der Waals surface area contributed by atoms with Crippen molar-refractivity contribution in [3.05, 3.63) is 48.3 Å². The number of benzene rings is 1. The Hall–Kier alpha value is -2.67. The first kappa shape index (κ1) is 28.3. The zero-order chi connectivity index (χ0) is 27.3. The topological polar surface area (TPSA) is 51.7 Å². The van der Waals surface area contributed by atoms with Crippen LogP contribution < -0.4 is 10.2 Å². The van der Waals surface area contributed by atoms with Crippen molar-refractivity contribution in [1.29, 1.82) is 0 Å². The fourth-order valence-electron chi connectivity index (χ4n) is 4.69. The van der Waals surface area contributed by atoms with Gasteiger partial charge in [0.15, 0.2) is 0 Å². The van der Waals surface area contributed by atoms with Crippen LogP contribution in [0.2, 0.25) is 0 Å². The third-order valence-electron chi connectivity index (χ3n) is 6.65. The molecular formula is C25H29F6N5OS. The molecule has 1 N–H and O–H groups in total. The van der Waals surface area contributed by atoms with Crippen molar-refractivity contribution in [2.24, 2.45) is 0 Å². The first-order valence-electron chi connectivity index (χ1n) is 12.4. The number of hydrogen-bond donors (Lipinski definition) is 1. The second kappa shape index (κ2) is 12.0. The van der Waals surface area contributed by atoms with E-state index in [9.17, 15) is 31.1 Å². The second-order valence-electron chi connectivity index (χ2n) is 9.37. The second-order valence-corrected chi connectivity index (χ2v) is 10.5. The van der Waals surface area contributed by atoms with Crippen LogP contribution in [0.1, 0.15) is 25.0 Å². The number of likely N-dealkylation sites (tertiary alicyclic amines) is 1. The minimum absolute atomic E-state index is 0.0229. The number of piperidine rings is 1. The highest BCUT2D eigenvalue weighted by atomic mass is 32.2. The third kappa shape index (κ3) is 8.16. The quantitative estimate of drug-likeness (QED) is 0.365. The number of nitrogens with one attached hydrogen (secondary N) is 1. The minimum atomic E-state index is -4.46. The average Bonchev–Trinajstić information content (AvgIpc) is 2.88. The lowest BCUT2D eigenvalue weighted by molar-refractivity contribution is -0.141. The number of hydrogen-bond acceptors (Lipinski definition) is 6. The van der Waals surface area contributed by atoms with E-state index in [1.54, 1.807) is 12.1 Å². The summed E-state index contributed by atoms with van der Waals surface area (Å²) in [6, 6.07) is 8.55. The molecule has 38 heavy (non-hydrogen) atoms. The Morgan fingerprint density at radius 3 is 2.29 bits per heavy atom. The van der Waals surface area contributed by atoms with Crippen LogP contribution in [0.25, 0.3) is 0 Å². The summed E-state index contributed by atoms with van der Waals surface area (Å²) in [5.74, 6) is 0.0581. The largest absolute Gasteiger partial charge is 0.446 e. The number of nitrogens with zero attached hydrogens (tertiary/aromatic N) is 4. The van der Waals surface area contributed by atoms with E-state index >= 15 is 0 Å². The van der Waals surface area contributed by atoms with Crippen LogP contribution in [-0.4, -0.2) is 78.1 Å². The van der Waals surface area contributed by atoms with Crippen molar-refractivity contribution in [2.75, 3.05) is 56.0 Å². The molecule has 3 heterocycles. The molecule has 1 amide bonds. The summed E-state index contributed by atoms with van der Waals surface area (Å²) in [6.45, 7) is 4.47. The van der Waals surface area contributed by atoms with Gasteiger partial charge in [-0.05, 0) is 61.0 Å². The Morgan fingerprint density at radius 1 is 0.974 bits per heavy atom. The molecule has 0 aliphatic carbocycles. The molecule has 13 heteroatoms. The summed E-state index contributed by atoms with van der Waals surface area (Å²) in [5, 5.41) is 3.33. The van der Waals surface area contributed by atoms with Crippen LogP contribution in [0.15, 0.2) is 47.5 Å². The van der Waals surface area contributed by atoms with Crippen LogP contribution >= 0.6 is 11.8 Å². The number of carbonyl (C=O) groups is 1. The number of thioether (sulfide) groups is 1. The van der Waals surface area contributed by atoms with Gasteiger partial charge in [0, 0.05) is 68.9 Å². The number of alkyl halides is 6. The van der Waals surface area contributed by atoms with E-state index in [-0.39, 0.29) is 28.6 Å². The SMILES string of the molecule is O=C(CCN1CCN(c2ccc(C(F)(F)F)nc2)CC1)N1CCC[C@H](Nc2ccc(SC(F)(F)F)cc2)C1. The molecule has 6 nitrogen and oxygen atoms in total. The standard InChI is InChI=1S/C25H29F6N5OS/c26-24(27,28)22-8-5-20(16-32-22)35-14-12-34(13-15-35)11-9-23(37)36-10-1-2-19(17-36)33-18-3-6-21(7-4-18)38-25(29,30)31/h3-8,16,19,33H,1-2,9-15,17H2/t19-/m0/s1. The summed E-state index contributed by atoms with van der Waals surface area (Å²) >= 11 is -0.150. The summed E-state index contributed by atoms with van der Waals surface area (Å²) in [4.78, 5) is 22.5. The number of carbonyl (C=O) groups excluding carboxylic acids is 1. The Kier molecular flexibility index (Phi) is 8.96. The first-order chi connectivity index (χ1) is 18.0. The molecular weight excluding hydrogens is 532 g/mol. The van der Waals surface area contributed by atoms with E-state index in [0.29, 0.717) is 57.9 Å². The van der Waals surface area contributed by atoms with Crippen LogP contribution in [0, 0.1) is 0 Å². The fourth-order valence-corrected chi connectivity index (χ4v) is 5.23. The van der Waals surface area contributed by atoms with Gasteiger partial charge in [-0.1, -0.05) is 0 Å². The van der Waals surface area contributed by atoms with Crippen molar-refractivity contribution in [2.45, 2.75) is 41.9 Å². The van der Waals surface area contributed by atoms with Crippen molar-refractivity contribution in [3.8, 4) is 0 Å². The summed E-state index contributed by atoms with van der Waals surface area (Å²) in [6.07, 6.45) is -1.13. The number of piperazine rings is 1. The van der Waals surface area contributed by atoms with Crippen molar-refractivity contribution in [3.63, 3.8) is 0 Å². The zero-order valence-corrected chi connectivity index (χ0v) is 21.4. The number of amides is 1. The number of aromatic nitrogens is 1. The van der Waals surface area contributed by atoms with Crippen molar-refractivity contribution >= 4 is 29.0 Å². The number of halogens is 6. The maximum absolute atomic E-state index is 12.9. The number of anilines is 2. The maximum Gasteiger partial charge on any atom is 0.446 e. The van der Waals surface area contributed by atoms with Gasteiger partial charge in [-0.3, -0.25) is 9.69 Å². The molecule has 1 aromatic heterocycles. The molecule has 4 rings (SSSR count). The number of pyridine rings is 1. The lowest BCUT2D eigenvalue weighted by Gasteiger charge is -2.37. The van der Waals surface area contributed by atoms with Gasteiger partial charge in [0.25, 0.3) is 0 Å². The van der Waals surface area contributed by atoms with E-state index in [0.717, 1.165) is 24.6 Å². The molecule has 2 aromatic rings. The predicted octanol–water partition coefficient (Wildman–Crippen LogP) is 5.33. The van der Waals surface area contributed by atoms with Crippen LogP contribution in [-0.2, 0) is 11.0 Å². The molecule has 2 saturated heterocycles. The lowest BCUT2D eigenvalue weighted by atomic mass is 10.0. The Bertz CT molecular complexity index is 1060. The normalized spacial score (nSPS) is 19.5. The van der Waals surface area contributed by atoms with E-state index in [1.165, 1.54) is 24.4 Å². The monoisotopic (exact) mass is 561 g/mol. The van der Waals surface area contributed by atoms with Crippen LogP contribution in [0.3, 0.4) is 0 Å². The van der Waals surface area contributed by atoms with Crippen molar-refractivity contribution < 1.29 is 31.1 Å². The molecule has 0 spiro atoms. The highest BCUT2D eigenvalue weighted by Crippen LogP contribution is 2.37. The zero-order valence-electron chi connectivity index (χ0n) is 20.6. The molecule has 1 aromatic carbocycles.